The van der Waals surface area contributed by atoms with Gasteiger partial charge in [-0.05, 0) is 24.3 Å². The van der Waals surface area contributed by atoms with Gasteiger partial charge in [0.25, 0.3) is 5.69 Å². The normalized spacial score (nSPS) is 15.0. The van der Waals surface area contributed by atoms with Crippen molar-refractivity contribution in [1.29, 1.82) is 0 Å². The van der Waals surface area contributed by atoms with Crippen LogP contribution in [0.25, 0.3) is 16.9 Å². The molecule has 9 nitrogen and oxygen atoms in total. The first-order chi connectivity index (χ1) is 16.9. The Morgan fingerprint density at radius 3 is 2.37 bits per heavy atom. The molecule has 1 unspecified atom stereocenters. The second-order valence-electron chi connectivity index (χ2n) is 7.74. The Morgan fingerprint density at radius 1 is 1.03 bits per heavy atom. The molecule has 174 valence electrons. The SMILES string of the molecule is CC(=O)N1N=C(c2ccccc2Cl)OC1c1cn(-c2ccc([N+](=O)[O-])cc2)nc1-c1ccccc1. The molecule has 1 aromatic heterocycles. The van der Waals surface area contributed by atoms with Gasteiger partial charge < -0.3 is 4.74 Å². The number of amides is 1. The number of halogens is 1. The number of non-ortho nitro benzene ring substituents is 1. The molecule has 0 aliphatic carbocycles. The fourth-order valence-corrected chi connectivity index (χ4v) is 3.98. The average Bonchev–Trinajstić information content (AvgIpc) is 3.50. The summed E-state index contributed by atoms with van der Waals surface area (Å²) in [6.45, 7) is 1.40. The van der Waals surface area contributed by atoms with Crippen molar-refractivity contribution in [3.05, 3.63) is 111 Å². The highest BCUT2D eigenvalue weighted by Gasteiger charge is 2.37. The van der Waals surface area contributed by atoms with Gasteiger partial charge in [0, 0.05) is 30.8 Å². The monoisotopic (exact) mass is 487 g/mol. The Balaban J connectivity index is 1.60. The minimum Gasteiger partial charge on any atom is -0.445 e. The molecule has 0 fully saturated rings. The van der Waals surface area contributed by atoms with Crippen molar-refractivity contribution >= 4 is 29.1 Å². The summed E-state index contributed by atoms with van der Waals surface area (Å²) in [4.78, 5) is 23.1. The summed E-state index contributed by atoms with van der Waals surface area (Å²) in [5.74, 6) is -0.1000. The summed E-state index contributed by atoms with van der Waals surface area (Å²) >= 11 is 6.34. The minimum absolute atomic E-state index is 0.0240. The van der Waals surface area contributed by atoms with E-state index in [4.69, 9.17) is 21.4 Å². The Labute approximate surface area is 205 Å². The summed E-state index contributed by atoms with van der Waals surface area (Å²) < 4.78 is 7.77. The molecule has 1 amide bonds. The number of nitro groups is 1. The summed E-state index contributed by atoms with van der Waals surface area (Å²) in [6, 6.07) is 22.6. The lowest BCUT2D eigenvalue weighted by molar-refractivity contribution is -0.384. The second-order valence-corrected chi connectivity index (χ2v) is 8.14. The number of nitrogens with zero attached hydrogens (tertiary/aromatic N) is 5. The van der Waals surface area contributed by atoms with Crippen molar-refractivity contribution < 1.29 is 14.5 Å². The number of hydrogen-bond acceptors (Lipinski definition) is 6. The van der Waals surface area contributed by atoms with Crippen molar-refractivity contribution in [2.75, 3.05) is 0 Å². The zero-order valence-corrected chi connectivity index (χ0v) is 19.2. The van der Waals surface area contributed by atoms with Gasteiger partial charge in [-0.3, -0.25) is 14.9 Å². The lowest BCUT2D eigenvalue weighted by Crippen LogP contribution is -2.25. The van der Waals surface area contributed by atoms with Crippen LogP contribution in [0.4, 0.5) is 5.69 Å². The number of ether oxygens (including phenoxy) is 1. The fourth-order valence-electron chi connectivity index (χ4n) is 3.76. The lowest BCUT2D eigenvalue weighted by Gasteiger charge is -2.19. The molecule has 0 radical (unpaired) electrons. The topological polar surface area (TPSA) is 103 Å². The van der Waals surface area contributed by atoms with Crippen LogP contribution in [0.15, 0.2) is 90.2 Å². The molecule has 35 heavy (non-hydrogen) atoms. The van der Waals surface area contributed by atoms with Gasteiger partial charge in [0.15, 0.2) is 0 Å². The minimum atomic E-state index is -0.888. The van der Waals surface area contributed by atoms with E-state index in [0.717, 1.165) is 5.56 Å². The second kappa shape index (κ2) is 9.03. The third-order valence-electron chi connectivity index (χ3n) is 5.45. The maximum absolute atomic E-state index is 12.5. The van der Waals surface area contributed by atoms with Crippen molar-refractivity contribution in [2.24, 2.45) is 5.10 Å². The van der Waals surface area contributed by atoms with Crippen molar-refractivity contribution in [2.45, 2.75) is 13.2 Å². The highest BCUT2D eigenvalue weighted by atomic mass is 35.5. The Hall–Kier alpha value is -4.50. The molecule has 0 spiro atoms. The van der Waals surface area contributed by atoms with Crippen LogP contribution in [-0.2, 0) is 9.53 Å². The van der Waals surface area contributed by atoms with Gasteiger partial charge in [-0.25, -0.2) is 4.68 Å². The number of hydrogen-bond donors (Lipinski definition) is 0. The standard InChI is InChI=1S/C25H18ClN5O4/c1-16(32)30-25(35-24(28-30)20-9-5-6-10-22(20)26)21-15-29(18-11-13-19(14-12-18)31(33)34)27-23(21)17-7-3-2-4-8-17/h2-15,25H,1H3. The molecule has 1 aliphatic heterocycles. The molecule has 4 aromatic rings. The molecule has 0 N–H and O–H groups in total. The number of aromatic nitrogens is 2. The highest BCUT2D eigenvalue weighted by Crippen LogP contribution is 2.37. The summed E-state index contributed by atoms with van der Waals surface area (Å²) in [5.41, 5.74) is 3.13. The third kappa shape index (κ3) is 4.24. The highest BCUT2D eigenvalue weighted by molar-refractivity contribution is 6.33. The zero-order valence-electron chi connectivity index (χ0n) is 18.4. The summed E-state index contributed by atoms with van der Waals surface area (Å²) in [6.07, 6.45) is 0.843. The molecule has 1 atom stereocenters. The number of nitro benzene ring substituents is 1. The van der Waals surface area contributed by atoms with Gasteiger partial charge >= 0.3 is 0 Å². The average molecular weight is 488 g/mol. The van der Waals surface area contributed by atoms with Gasteiger partial charge in [-0.2, -0.15) is 10.1 Å². The molecule has 1 aliphatic rings. The van der Waals surface area contributed by atoms with Crippen LogP contribution in [0.2, 0.25) is 5.02 Å². The van der Waals surface area contributed by atoms with Crippen LogP contribution in [0, 0.1) is 10.1 Å². The lowest BCUT2D eigenvalue weighted by atomic mass is 10.1. The predicted octanol–water partition coefficient (Wildman–Crippen LogP) is 5.34. The van der Waals surface area contributed by atoms with Crippen LogP contribution in [0.3, 0.4) is 0 Å². The number of rotatable bonds is 5. The fraction of sp³-hybridized carbons (Fsp3) is 0.0800. The van der Waals surface area contributed by atoms with Gasteiger partial charge in [-0.1, -0.05) is 54.1 Å². The number of hydrazone groups is 1. The van der Waals surface area contributed by atoms with Crippen LogP contribution in [-0.4, -0.2) is 31.5 Å². The van der Waals surface area contributed by atoms with Gasteiger partial charge in [0.1, 0.15) is 5.69 Å². The van der Waals surface area contributed by atoms with E-state index in [1.165, 1.54) is 24.1 Å². The largest absolute Gasteiger partial charge is 0.445 e. The zero-order chi connectivity index (χ0) is 24.5. The Kier molecular flexibility index (Phi) is 5.76. The molecule has 2 heterocycles. The molecule has 3 aromatic carbocycles. The van der Waals surface area contributed by atoms with Crippen LogP contribution in [0.1, 0.15) is 24.3 Å². The molecular weight excluding hydrogens is 470 g/mol. The Bertz CT molecular complexity index is 1450. The van der Waals surface area contributed by atoms with Crippen molar-refractivity contribution in [1.82, 2.24) is 14.8 Å². The van der Waals surface area contributed by atoms with Crippen LogP contribution in [0.5, 0.6) is 0 Å². The van der Waals surface area contributed by atoms with E-state index >= 15 is 0 Å². The molecule has 0 saturated carbocycles. The summed E-state index contributed by atoms with van der Waals surface area (Å²) in [7, 11) is 0. The van der Waals surface area contributed by atoms with Crippen LogP contribution >= 0.6 is 11.6 Å². The number of carbonyl (C=O) groups excluding carboxylic acids is 1. The van der Waals surface area contributed by atoms with E-state index in [1.54, 1.807) is 47.3 Å². The molecule has 0 saturated heterocycles. The first-order valence-electron chi connectivity index (χ1n) is 10.6. The first-order valence-corrected chi connectivity index (χ1v) is 11.0. The molecule has 0 bridgehead atoms. The van der Waals surface area contributed by atoms with Gasteiger partial charge in [0.2, 0.25) is 18.0 Å². The van der Waals surface area contributed by atoms with Gasteiger partial charge in [0.05, 0.1) is 26.8 Å². The van der Waals surface area contributed by atoms with E-state index in [2.05, 4.69) is 5.10 Å². The van der Waals surface area contributed by atoms with E-state index in [9.17, 15) is 14.9 Å². The molecule has 10 heteroatoms. The van der Waals surface area contributed by atoms with Crippen LogP contribution < -0.4 is 0 Å². The Morgan fingerprint density at radius 2 is 1.71 bits per heavy atom. The predicted molar refractivity (Wildman–Crippen MR) is 130 cm³/mol. The quantitative estimate of drug-likeness (QED) is 0.279. The smallest absolute Gasteiger partial charge is 0.269 e. The van der Waals surface area contributed by atoms with E-state index in [1.807, 2.05) is 30.3 Å². The number of benzene rings is 3. The molecular formula is C25H18ClN5O4. The third-order valence-corrected chi connectivity index (χ3v) is 5.78. The first kappa shape index (κ1) is 22.3. The number of carbonyl (C=O) groups is 1. The van der Waals surface area contributed by atoms with Gasteiger partial charge in [-0.15, -0.1) is 5.10 Å². The summed E-state index contributed by atoms with van der Waals surface area (Å²) in [5, 5.41) is 21.9. The van der Waals surface area contributed by atoms with Crippen molar-refractivity contribution in [3.8, 4) is 16.9 Å². The molecule has 5 rings (SSSR count). The maximum Gasteiger partial charge on any atom is 0.269 e. The maximum atomic E-state index is 12.5. The van der Waals surface area contributed by atoms with E-state index < -0.39 is 11.2 Å². The van der Waals surface area contributed by atoms with E-state index in [-0.39, 0.29) is 17.5 Å². The van der Waals surface area contributed by atoms with E-state index in [0.29, 0.717) is 27.5 Å². The van der Waals surface area contributed by atoms with Crippen molar-refractivity contribution in [3.63, 3.8) is 0 Å².